The van der Waals surface area contributed by atoms with Crippen molar-refractivity contribution >= 4 is 23.6 Å². The van der Waals surface area contributed by atoms with Gasteiger partial charge in [0.25, 0.3) is 0 Å². The van der Waals surface area contributed by atoms with Crippen LogP contribution in [0.4, 0.5) is 0 Å². The van der Waals surface area contributed by atoms with Gasteiger partial charge in [-0.05, 0) is 12.8 Å². The Morgan fingerprint density at radius 1 is 1.35 bits per heavy atom. The molecular formula is C13H21N3O3S. The van der Waals surface area contributed by atoms with Crippen molar-refractivity contribution in [3.63, 3.8) is 0 Å². The Bertz CT molecular complexity index is 387. The fourth-order valence-electron chi connectivity index (χ4n) is 2.25. The minimum Gasteiger partial charge on any atom is -0.480 e. The molecule has 0 radical (unpaired) electrons. The first-order valence-electron chi connectivity index (χ1n) is 6.77. The standard InChI is InChI=1S/C13H21N3O3S/c14-9-13(5-3-1-2-4-6-13)16-11(17)8-20-7-10(15)12(18)19/h10H,1-8,15H2,(H,16,17)(H,18,19)/t10-/m1/s1. The molecule has 4 N–H and O–H groups in total. The zero-order valence-electron chi connectivity index (χ0n) is 11.4. The van der Waals surface area contributed by atoms with Gasteiger partial charge in [0.1, 0.15) is 11.6 Å². The average molecular weight is 299 g/mol. The molecule has 0 saturated heterocycles. The van der Waals surface area contributed by atoms with Crippen LogP contribution in [0.5, 0.6) is 0 Å². The lowest BCUT2D eigenvalue weighted by molar-refractivity contribution is -0.138. The molecule has 112 valence electrons. The number of carbonyl (C=O) groups is 2. The van der Waals surface area contributed by atoms with E-state index in [1.54, 1.807) is 0 Å². The first kappa shape index (κ1) is 16.8. The van der Waals surface area contributed by atoms with Crippen molar-refractivity contribution in [1.82, 2.24) is 5.32 Å². The maximum atomic E-state index is 11.9. The van der Waals surface area contributed by atoms with Crippen LogP contribution >= 0.6 is 11.8 Å². The van der Waals surface area contributed by atoms with Crippen molar-refractivity contribution in [2.75, 3.05) is 11.5 Å². The maximum absolute atomic E-state index is 11.9. The summed E-state index contributed by atoms with van der Waals surface area (Å²) >= 11 is 1.17. The molecule has 6 nitrogen and oxygen atoms in total. The summed E-state index contributed by atoms with van der Waals surface area (Å²) in [6.45, 7) is 0. The van der Waals surface area contributed by atoms with Gasteiger partial charge in [-0.15, -0.1) is 11.8 Å². The quantitative estimate of drug-likeness (QED) is 0.626. The molecule has 1 rings (SSSR count). The third kappa shape index (κ3) is 5.39. The highest BCUT2D eigenvalue weighted by Gasteiger charge is 2.32. The van der Waals surface area contributed by atoms with Gasteiger partial charge in [-0.25, -0.2) is 0 Å². The molecule has 0 aromatic rings. The first-order valence-corrected chi connectivity index (χ1v) is 7.93. The van der Waals surface area contributed by atoms with Crippen LogP contribution in [0, 0.1) is 11.3 Å². The van der Waals surface area contributed by atoms with Crippen molar-refractivity contribution < 1.29 is 14.7 Å². The number of carboxylic acids is 1. The van der Waals surface area contributed by atoms with E-state index in [1.807, 2.05) is 0 Å². The molecule has 0 heterocycles. The molecule has 0 bridgehead atoms. The predicted octanol–water partition coefficient (Wildman–Crippen LogP) is 0.864. The molecule has 7 heteroatoms. The molecule has 1 fully saturated rings. The summed E-state index contributed by atoms with van der Waals surface area (Å²) in [6, 6.07) is 1.28. The number of thioether (sulfide) groups is 1. The lowest BCUT2D eigenvalue weighted by Gasteiger charge is -2.26. The van der Waals surface area contributed by atoms with Crippen molar-refractivity contribution in [2.45, 2.75) is 50.1 Å². The van der Waals surface area contributed by atoms with E-state index in [4.69, 9.17) is 10.8 Å². The summed E-state index contributed by atoms with van der Waals surface area (Å²) in [7, 11) is 0. The molecule has 1 atom stereocenters. The highest BCUT2D eigenvalue weighted by molar-refractivity contribution is 8.00. The average Bonchev–Trinajstić information content (AvgIpc) is 2.64. The fourth-order valence-corrected chi connectivity index (χ4v) is 3.02. The van der Waals surface area contributed by atoms with Crippen LogP contribution in [0.2, 0.25) is 0 Å². The SMILES string of the molecule is N#CC1(NC(=O)CSC[C@@H](N)C(=O)O)CCCCCC1. The van der Waals surface area contributed by atoms with Crippen molar-refractivity contribution in [1.29, 1.82) is 5.26 Å². The smallest absolute Gasteiger partial charge is 0.321 e. The number of nitriles is 1. The van der Waals surface area contributed by atoms with E-state index >= 15 is 0 Å². The number of carboxylic acid groups (broad SMARTS) is 1. The predicted molar refractivity (Wildman–Crippen MR) is 77.1 cm³/mol. The number of hydrogen-bond donors (Lipinski definition) is 3. The summed E-state index contributed by atoms with van der Waals surface area (Å²) < 4.78 is 0. The molecule has 1 amide bonds. The van der Waals surface area contributed by atoms with Gasteiger partial charge >= 0.3 is 5.97 Å². The van der Waals surface area contributed by atoms with Gasteiger partial charge in [0.05, 0.1) is 11.8 Å². The number of amides is 1. The monoisotopic (exact) mass is 299 g/mol. The van der Waals surface area contributed by atoms with Crippen LogP contribution in [-0.4, -0.2) is 40.1 Å². The van der Waals surface area contributed by atoms with E-state index in [9.17, 15) is 14.9 Å². The first-order chi connectivity index (χ1) is 9.49. The van der Waals surface area contributed by atoms with Crippen LogP contribution in [0.25, 0.3) is 0 Å². The molecule has 0 unspecified atom stereocenters. The number of nitrogens with one attached hydrogen (secondary N) is 1. The number of rotatable bonds is 6. The van der Waals surface area contributed by atoms with Gasteiger partial charge in [-0.1, -0.05) is 25.7 Å². The lowest BCUT2D eigenvalue weighted by Crippen LogP contribution is -2.48. The molecule has 0 spiro atoms. The highest BCUT2D eigenvalue weighted by Crippen LogP contribution is 2.26. The molecule has 1 aliphatic rings. The zero-order valence-corrected chi connectivity index (χ0v) is 12.2. The number of nitrogens with two attached hydrogens (primary N) is 1. The summed E-state index contributed by atoms with van der Waals surface area (Å²) in [4.78, 5) is 22.4. The summed E-state index contributed by atoms with van der Waals surface area (Å²) in [5, 5.41) is 20.8. The number of nitrogens with zero attached hydrogens (tertiary/aromatic N) is 1. The van der Waals surface area contributed by atoms with Gasteiger partial charge in [0.15, 0.2) is 0 Å². The molecule has 0 aromatic heterocycles. The van der Waals surface area contributed by atoms with E-state index in [0.717, 1.165) is 25.7 Å². The van der Waals surface area contributed by atoms with E-state index in [1.165, 1.54) is 11.8 Å². The number of aliphatic carboxylic acids is 1. The van der Waals surface area contributed by atoms with E-state index in [2.05, 4.69) is 11.4 Å². The molecule has 1 saturated carbocycles. The minimum atomic E-state index is -1.07. The second-order valence-electron chi connectivity index (χ2n) is 5.12. The Morgan fingerprint density at radius 2 is 1.95 bits per heavy atom. The van der Waals surface area contributed by atoms with Crippen molar-refractivity contribution in [3.05, 3.63) is 0 Å². The molecule has 20 heavy (non-hydrogen) atoms. The van der Waals surface area contributed by atoms with Crippen molar-refractivity contribution in [2.24, 2.45) is 5.73 Å². The molecule has 1 aliphatic carbocycles. The van der Waals surface area contributed by atoms with Crippen molar-refractivity contribution in [3.8, 4) is 6.07 Å². The Kier molecular flexibility index (Phi) is 6.82. The van der Waals surface area contributed by atoms with E-state index in [0.29, 0.717) is 12.8 Å². The third-order valence-corrected chi connectivity index (χ3v) is 4.46. The second kappa shape index (κ2) is 8.12. The van der Waals surface area contributed by atoms with Gasteiger partial charge in [-0.3, -0.25) is 9.59 Å². The normalized spacial score (nSPS) is 19.4. The summed E-state index contributed by atoms with van der Waals surface area (Å²) in [5.41, 5.74) is 4.61. The maximum Gasteiger partial charge on any atom is 0.321 e. The molecular weight excluding hydrogens is 278 g/mol. The van der Waals surface area contributed by atoms with E-state index < -0.39 is 17.6 Å². The van der Waals surface area contributed by atoms with Crippen LogP contribution in [0.1, 0.15) is 38.5 Å². The van der Waals surface area contributed by atoms with Gasteiger partial charge in [-0.2, -0.15) is 5.26 Å². The molecule has 0 aromatic carbocycles. The topological polar surface area (TPSA) is 116 Å². The summed E-state index contributed by atoms with van der Waals surface area (Å²) in [6.07, 6.45) is 5.47. The van der Waals surface area contributed by atoms with E-state index in [-0.39, 0.29) is 17.4 Å². The Labute approximate surface area is 123 Å². The third-order valence-electron chi connectivity index (χ3n) is 3.40. The van der Waals surface area contributed by atoms with Crippen LogP contribution in [-0.2, 0) is 9.59 Å². The van der Waals surface area contributed by atoms with Crippen LogP contribution < -0.4 is 11.1 Å². The second-order valence-corrected chi connectivity index (χ2v) is 6.15. The summed E-state index contributed by atoms with van der Waals surface area (Å²) in [5.74, 6) is -0.988. The number of hydrogen-bond acceptors (Lipinski definition) is 5. The Balaban J connectivity index is 2.39. The fraction of sp³-hybridized carbons (Fsp3) is 0.769. The molecule has 0 aliphatic heterocycles. The lowest BCUT2D eigenvalue weighted by atomic mass is 9.92. The van der Waals surface area contributed by atoms with Crippen LogP contribution in [0.15, 0.2) is 0 Å². The Morgan fingerprint density at radius 3 is 2.45 bits per heavy atom. The highest BCUT2D eigenvalue weighted by atomic mass is 32.2. The Hall–Kier alpha value is -1.26. The largest absolute Gasteiger partial charge is 0.480 e. The zero-order chi connectivity index (χ0) is 15.0. The minimum absolute atomic E-state index is 0.129. The number of carbonyl (C=O) groups excluding carboxylic acids is 1. The van der Waals surface area contributed by atoms with Gasteiger partial charge in [0, 0.05) is 5.75 Å². The van der Waals surface area contributed by atoms with Gasteiger partial charge in [0.2, 0.25) is 5.91 Å². The van der Waals surface area contributed by atoms with Crippen LogP contribution in [0.3, 0.4) is 0 Å². The van der Waals surface area contributed by atoms with Gasteiger partial charge < -0.3 is 16.2 Å².